The molecule has 2 aromatic rings. The number of halogens is 1. The minimum atomic E-state index is 0.0672. The molecule has 0 fully saturated rings. The van der Waals surface area contributed by atoms with Gasteiger partial charge in [-0.25, -0.2) is 9.67 Å². The van der Waals surface area contributed by atoms with Gasteiger partial charge < -0.3 is 5.11 Å². The quantitative estimate of drug-likeness (QED) is 0.780. The van der Waals surface area contributed by atoms with Crippen molar-refractivity contribution >= 4 is 11.6 Å². The average Bonchev–Trinajstić information content (AvgIpc) is 2.57. The molecule has 0 aliphatic heterocycles. The first kappa shape index (κ1) is 9.02. The highest BCUT2D eigenvalue weighted by atomic mass is 35.5. The molecule has 1 aromatic heterocycles. The van der Waals surface area contributed by atoms with E-state index in [-0.39, 0.29) is 5.75 Å². The van der Waals surface area contributed by atoms with Crippen LogP contribution in [-0.4, -0.2) is 19.9 Å². The van der Waals surface area contributed by atoms with Crippen molar-refractivity contribution in [3.05, 3.63) is 29.5 Å². The number of aromatic nitrogens is 3. The molecular formula is C9H8ClN3O. The van der Waals surface area contributed by atoms with Crippen molar-refractivity contribution in [2.45, 2.75) is 0 Å². The molecule has 4 nitrogen and oxygen atoms in total. The first-order chi connectivity index (χ1) is 6.68. The van der Waals surface area contributed by atoms with Crippen molar-refractivity contribution in [1.29, 1.82) is 0 Å². The van der Waals surface area contributed by atoms with E-state index in [9.17, 15) is 5.11 Å². The van der Waals surface area contributed by atoms with E-state index in [2.05, 4.69) is 10.1 Å². The monoisotopic (exact) mass is 209 g/mol. The number of hydrogen-bond donors (Lipinski definition) is 1. The number of aryl methyl sites for hydroxylation is 1. The third-order valence-electron chi connectivity index (χ3n) is 1.92. The van der Waals surface area contributed by atoms with Crippen LogP contribution in [0.3, 0.4) is 0 Å². The first-order valence-electron chi connectivity index (χ1n) is 4.01. The molecule has 0 aliphatic rings. The van der Waals surface area contributed by atoms with Crippen molar-refractivity contribution < 1.29 is 5.11 Å². The molecule has 2 rings (SSSR count). The van der Waals surface area contributed by atoms with E-state index in [1.54, 1.807) is 23.9 Å². The summed E-state index contributed by atoms with van der Waals surface area (Å²) in [7, 11) is 1.79. The van der Waals surface area contributed by atoms with Crippen LogP contribution in [0.1, 0.15) is 0 Å². The van der Waals surface area contributed by atoms with E-state index in [0.29, 0.717) is 10.8 Å². The van der Waals surface area contributed by atoms with Crippen LogP contribution in [-0.2, 0) is 7.05 Å². The van der Waals surface area contributed by atoms with Gasteiger partial charge in [-0.3, -0.25) is 0 Å². The van der Waals surface area contributed by atoms with Gasteiger partial charge in [-0.1, -0.05) is 11.6 Å². The smallest absolute Gasteiger partial charge is 0.157 e. The van der Waals surface area contributed by atoms with Crippen LogP contribution in [0.25, 0.3) is 11.4 Å². The number of benzene rings is 1. The summed E-state index contributed by atoms with van der Waals surface area (Å²) in [5, 5.41) is 13.5. The molecular weight excluding hydrogens is 202 g/mol. The molecule has 0 atom stereocenters. The number of phenols is 1. The molecule has 0 amide bonds. The van der Waals surface area contributed by atoms with E-state index in [1.807, 2.05) is 0 Å². The Kier molecular flexibility index (Phi) is 2.13. The highest BCUT2D eigenvalue weighted by Gasteiger charge is 2.06. The number of hydrogen-bond acceptors (Lipinski definition) is 3. The van der Waals surface area contributed by atoms with Gasteiger partial charge >= 0.3 is 0 Å². The Bertz CT molecular complexity index is 467. The predicted octanol–water partition coefficient (Wildman–Crippen LogP) is 1.84. The van der Waals surface area contributed by atoms with Gasteiger partial charge in [-0.05, 0) is 18.2 Å². The second-order valence-corrected chi connectivity index (χ2v) is 3.28. The van der Waals surface area contributed by atoms with Crippen LogP contribution in [0, 0.1) is 0 Å². The highest BCUT2D eigenvalue weighted by Crippen LogP contribution is 2.27. The zero-order valence-corrected chi connectivity index (χ0v) is 8.23. The average molecular weight is 210 g/mol. The number of phenolic OH excluding ortho intramolecular Hbond substituents is 1. The number of nitrogens with zero attached hydrogens (tertiary/aromatic N) is 3. The van der Waals surface area contributed by atoms with Crippen molar-refractivity contribution in [2.24, 2.45) is 7.05 Å². The summed E-state index contributed by atoms with van der Waals surface area (Å²) < 4.78 is 1.64. The molecule has 72 valence electrons. The van der Waals surface area contributed by atoms with Gasteiger partial charge in [0.25, 0.3) is 0 Å². The summed E-state index contributed by atoms with van der Waals surface area (Å²) in [6, 6.07) is 4.93. The molecule has 14 heavy (non-hydrogen) atoms. The molecule has 1 N–H and O–H groups in total. The molecule has 0 saturated heterocycles. The summed E-state index contributed by atoms with van der Waals surface area (Å²) in [6.07, 6.45) is 1.47. The Hall–Kier alpha value is -1.55. The van der Waals surface area contributed by atoms with Gasteiger partial charge in [0.2, 0.25) is 0 Å². The highest BCUT2D eigenvalue weighted by molar-refractivity contribution is 6.32. The van der Waals surface area contributed by atoms with Crippen molar-refractivity contribution in [3.8, 4) is 17.1 Å². The van der Waals surface area contributed by atoms with Crippen LogP contribution in [0.5, 0.6) is 5.75 Å². The van der Waals surface area contributed by atoms with Gasteiger partial charge in [0.15, 0.2) is 5.82 Å². The lowest BCUT2D eigenvalue weighted by Crippen LogP contribution is -1.94. The summed E-state index contributed by atoms with van der Waals surface area (Å²) in [6.45, 7) is 0. The molecule has 1 aromatic carbocycles. The molecule has 0 radical (unpaired) electrons. The fourth-order valence-corrected chi connectivity index (χ4v) is 1.38. The molecule has 1 heterocycles. The van der Waals surface area contributed by atoms with Crippen LogP contribution >= 0.6 is 11.6 Å². The zero-order valence-electron chi connectivity index (χ0n) is 7.48. The third kappa shape index (κ3) is 1.44. The fourth-order valence-electron chi connectivity index (χ4n) is 1.20. The summed E-state index contributed by atoms with van der Waals surface area (Å²) in [4.78, 5) is 4.07. The van der Waals surface area contributed by atoms with Gasteiger partial charge in [0.05, 0.1) is 5.02 Å². The van der Waals surface area contributed by atoms with Gasteiger partial charge in [-0.15, -0.1) is 0 Å². The number of rotatable bonds is 1. The third-order valence-corrected chi connectivity index (χ3v) is 2.22. The normalized spacial score (nSPS) is 10.4. The summed E-state index contributed by atoms with van der Waals surface area (Å²) in [5.74, 6) is 0.782. The van der Waals surface area contributed by atoms with E-state index in [4.69, 9.17) is 11.6 Å². The minimum Gasteiger partial charge on any atom is -0.506 e. The number of aromatic hydroxyl groups is 1. The van der Waals surface area contributed by atoms with Crippen molar-refractivity contribution in [3.63, 3.8) is 0 Å². The Morgan fingerprint density at radius 2 is 2.21 bits per heavy atom. The Labute approximate surface area is 85.8 Å². The van der Waals surface area contributed by atoms with Crippen LogP contribution < -0.4 is 0 Å². The SMILES string of the molecule is Cn1ncnc1-c1ccc(O)c(Cl)c1. The summed E-state index contributed by atoms with van der Waals surface area (Å²) in [5.41, 5.74) is 0.827. The van der Waals surface area contributed by atoms with E-state index in [0.717, 1.165) is 5.56 Å². The zero-order chi connectivity index (χ0) is 10.1. The Morgan fingerprint density at radius 3 is 2.79 bits per heavy atom. The maximum atomic E-state index is 9.24. The van der Waals surface area contributed by atoms with E-state index >= 15 is 0 Å². The standard InChI is InChI=1S/C9H8ClN3O/c1-13-9(11-5-12-13)6-2-3-8(14)7(10)4-6/h2-5,14H,1H3. The van der Waals surface area contributed by atoms with E-state index in [1.165, 1.54) is 12.4 Å². The Morgan fingerprint density at radius 1 is 1.43 bits per heavy atom. The van der Waals surface area contributed by atoms with Crippen LogP contribution in [0.2, 0.25) is 5.02 Å². The maximum Gasteiger partial charge on any atom is 0.157 e. The van der Waals surface area contributed by atoms with Crippen molar-refractivity contribution in [1.82, 2.24) is 14.8 Å². The second kappa shape index (κ2) is 3.31. The molecule has 0 bridgehead atoms. The van der Waals surface area contributed by atoms with Gasteiger partial charge in [-0.2, -0.15) is 5.10 Å². The summed E-state index contributed by atoms with van der Waals surface area (Å²) >= 11 is 5.78. The largest absolute Gasteiger partial charge is 0.506 e. The van der Waals surface area contributed by atoms with E-state index < -0.39 is 0 Å². The molecule has 5 heteroatoms. The second-order valence-electron chi connectivity index (χ2n) is 2.87. The molecule has 0 aliphatic carbocycles. The fraction of sp³-hybridized carbons (Fsp3) is 0.111. The predicted molar refractivity (Wildman–Crippen MR) is 53.1 cm³/mol. The lowest BCUT2D eigenvalue weighted by atomic mass is 10.2. The van der Waals surface area contributed by atoms with Crippen LogP contribution in [0.4, 0.5) is 0 Å². The lowest BCUT2D eigenvalue weighted by molar-refractivity contribution is 0.475. The first-order valence-corrected chi connectivity index (χ1v) is 4.39. The molecule has 0 saturated carbocycles. The topological polar surface area (TPSA) is 50.9 Å². The Balaban J connectivity index is 2.53. The lowest BCUT2D eigenvalue weighted by Gasteiger charge is -2.01. The van der Waals surface area contributed by atoms with Gasteiger partial charge in [0.1, 0.15) is 12.1 Å². The van der Waals surface area contributed by atoms with Gasteiger partial charge in [0, 0.05) is 12.6 Å². The minimum absolute atomic E-state index is 0.0672. The van der Waals surface area contributed by atoms with Crippen molar-refractivity contribution in [2.75, 3.05) is 0 Å². The van der Waals surface area contributed by atoms with Crippen LogP contribution in [0.15, 0.2) is 24.5 Å². The maximum absolute atomic E-state index is 9.24. The molecule has 0 spiro atoms. The molecule has 0 unspecified atom stereocenters.